The largest absolute Gasteiger partial charge is 0.512 e. The van der Waals surface area contributed by atoms with E-state index in [1.807, 2.05) is 117 Å². The van der Waals surface area contributed by atoms with Crippen molar-refractivity contribution in [1.82, 2.24) is 19.9 Å². The van der Waals surface area contributed by atoms with E-state index in [0.29, 0.717) is 116 Å². The SMILES string of the molecule is CC(C)CC(=O)C=C(O)CC(C)C.CC(C)CC(=O)C=C(O)CC(C)C.CC(C)CC(=O)C=C(O)CC(C)C.CC(C)CC(=O)C=C(O)CC(C)C.Cc1[c-]c(-c2cc(C)c3c(CC(C)C)cccc3n2)cc(C)c1.Cc1[c-]c(-c2cc(C)c3ccccc3n2)cc(C)c1.Cc1[c-]c(-c2cc(CC(C)C)c3ccccc3n2)cc(C)c1C.Cc1[c-]c(-c2nc3ccccc3c(CC(C)C)c2C)cc(C)c1.[Ir].[Ir].[Ir].[Ir]. The molecule has 0 unspecified atom stereocenters. The molecule has 4 radical (unpaired) electrons. The molecule has 788 valence electrons. The van der Waals surface area contributed by atoms with Crippen molar-refractivity contribution in [2.24, 2.45) is 65.1 Å². The number of rotatable bonds is 30. The van der Waals surface area contributed by atoms with Crippen molar-refractivity contribution in [3.8, 4) is 45.0 Å². The summed E-state index contributed by atoms with van der Waals surface area (Å²) in [5, 5.41) is 42.5. The normalized spacial score (nSPS) is 11.5. The topological polar surface area (TPSA) is 201 Å². The van der Waals surface area contributed by atoms with E-state index >= 15 is 0 Å². The van der Waals surface area contributed by atoms with Crippen molar-refractivity contribution < 1.29 is 120 Å². The van der Waals surface area contributed by atoms with Crippen molar-refractivity contribution in [2.75, 3.05) is 0 Å². The first kappa shape index (κ1) is 133. The molecular formula is C128H168Ir4N4O8-4. The van der Waals surface area contributed by atoms with E-state index in [-0.39, 0.29) is 127 Å². The molecule has 12 aromatic rings. The van der Waals surface area contributed by atoms with Crippen LogP contribution in [0.15, 0.2) is 199 Å². The number of aryl methyl sites for hydroxylation is 10. The Balaban J connectivity index is 0.000000831. The van der Waals surface area contributed by atoms with Gasteiger partial charge in [0.2, 0.25) is 0 Å². The minimum absolute atomic E-state index is 0. The van der Waals surface area contributed by atoms with Crippen LogP contribution in [0.1, 0.15) is 287 Å². The Kier molecular flexibility index (Phi) is 61.1. The summed E-state index contributed by atoms with van der Waals surface area (Å²) in [6, 6.07) is 67.3. The molecule has 0 atom stereocenters. The Labute approximate surface area is 921 Å². The Hall–Kier alpha value is -9.16. The molecule has 8 aromatic carbocycles. The van der Waals surface area contributed by atoms with Gasteiger partial charge in [-0.15, -0.1) is 139 Å². The summed E-state index contributed by atoms with van der Waals surface area (Å²) < 4.78 is 0. The molecule has 144 heavy (non-hydrogen) atoms. The maximum atomic E-state index is 11.2. The molecule has 0 aliphatic heterocycles. The number of aliphatic hydroxyl groups excluding tert-OH is 4. The molecule has 0 spiro atoms. The first-order valence-electron chi connectivity index (χ1n) is 50.9. The van der Waals surface area contributed by atoms with Crippen LogP contribution in [0.4, 0.5) is 0 Å². The van der Waals surface area contributed by atoms with Gasteiger partial charge < -0.3 is 20.4 Å². The predicted octanol–water partition coefficient (Wildman–Crippen LogP) is 34.5. The smallest absolute Gasteiger partial charge is 0.159 e. The third-order valence-electron chi connectivity index (χ3n) is 22.6. The van der Waals surface area contributed by atoms with Gasteiger partial charge in [0.1, 0.15) is 0 Å². The average molecular weight is 2660 g/mol. The molecule has 12 rings (SSSR count). The molecule has 12 nitrogen and oxygen atoms in total. The summed E-state index contributed by atoms with van der Waals surface area (Å²) in [6.07, 6.45) is 13.1. The molecule has 4 N–H and O–H groups in total. The molecule has 0 saturated heterocycles. The minimum Gasteiger partial charge on any atom is -0.512 e. The fraction of sp³-hybridized carbons (Fsp3) is 0.438. The molecule has 0 fully saturated rings. The van der Waals surface area contributed by atoms with Gasteiger partial charge in [-0.3, -0.25) is 39.1 Å². The van der Waals surface area contributed by atoms with E-state index in [0.717, 1.165) is 97.5 Å². The van der Waals surface area contributed by atoms with Crippen LogP contribution in [0.2, 0.25) is 0 Å². The number of carbonyl (C=O) groups is 4. The van der Waals surface area contributed by atoms with Crippen molar-refractivity contribution in [1.29, 1.82) is 0 Å². The minimum atomic E-state index is 0. The first-order chi connectivity index (χ1) is 65.6. The molecule has 4 heterocycles. The summed E-state index contributed by atoms with van der Waals surface area (Å²) in [7, 11) is 0. The fourth-order valence-electron chi connectivity index (χ4n) is 16.8. The summed E-state index contributed by atoms with van der Waals surface area (Å²) in [5.74, 6) is 5.81. The van der Waals surface area contributed by atoms with E-state index in [1.165, 1.54) is 118 Å². The summed E-state index contributed by atoms with van der Waals surface area (Å²) in [6.45, 7) is 71.2. The maximum absolute atomic E-state index is 11.2. The van der Waals surface area contributed by atoms with Crippen LogP contribution in [0.5, 0.6) is 0 Å². The van der Waals surface area contributed by atoms with E-state index in [2.05, 4.69) is 294 Å². The van der Waals surface area contributed by atoms with E-state index in [9.17, 15) is 39.6 Å². The number of aliphatic hydroxyl groups is 4. The van der Waals surface area contributed by atoms with Crippen molar-refractivity contribution in [3.05, 3.63) is 307 Å². The molecule has 0 aliphatic carbocycles. The summed E-state index contributed by atoms with van der Waals surface area (Å²) >= 11 is 0. The van der Waals surface area contributed by atoms with Crippen LogP contribution >= 0.6 is 0 Å². The maximum Gasteiger partial charge on any atom is 0.159 e. The Morgan fingerprint density at radius 2 is 0.583 bits per heavy atom. The third-order valence-corrected chi connectivity index (χ3v) is 22.6. The van der Waals surface area contributed by atoms with Crippen molar-refractivity contribution >= 4 is 66.7 Å². The number of fused-ring (bicyclic) bond motifs is 4. The van der Waals surface area contributed by atoms with Gasteiger partial charge in [0.15, 0.2) is 23.1 Å². The first-order valence-corrected chi connectivity index (χ1v) is 50.9. The molecule has 0 aliphatic rings. The van der Waals surface area contributed by atoms with Crippen LogP contribution in [0.25, 0.3) is 88.6 Å². The van der Waals surface area contributed by atoms with Crippen LogP contribution in [0, 0.1) is 172 Å². The van der Waals surface area contributed by atoms with Crippen molar-refractivity contribution in [3.63, 3.8) is 0 Å². The van der Waals surface area contributed by atoms with Crippen LogP contribution in [-0.2, 0) is 119 Å². The second kappa shape index (κ2) is 66.2. The molecule has 0 bridgehead atoms. The van der Waals surface area contributed by atoms with Gasteiger partial charge in [0.25, 0.3) is 0 Å². The van der Waals surface area contributed by atoms with E-state index in [4.69, 9.17) is 19.9 Å². The van der Waals surface area contributed by atoms with Gasteiger partial charge in [0.05, 0.1) is 45.1 Å². The summed E-state index contributed by atoms with van der Waals surface area (Å²) in [4.78, 5) is 64.4. The van der Waals surface area contributed by atoms with Crippen LogP contribution in [0.3, 0.4) is 0 Å². The fourth-order valence-corrected chi connectivity index (χ4v) is 16.8. The quantitative estimate of drug-likeness (QED) is 0.0189. The van der Waals surface area contributed by atoms with E-state index in [1.54, 1.807) is 0 Å². The number of nitrogens with zero attached hydrogens (tertiary/aromatic N) is 4. The predicted molar refractivity (Wildman–Crippen MR) is 595 cm³/mol. The standard InChI is InChI=1S/3C22H24N.C18H16N.4C11H20O2.4Ir/c1-14(2)9-18-7-6-8-20-22(18)17(5)13-21(23-20)19-11-15(3)10-16(4)12-19;1-14(2)10-18-13-22(23-21-9-7-6-8-20(18)21)19-11-15(3)17(5)16(4)12-19;1-14(2)10-20-17(5)22(18-12-15(3)11-16(4)13-18)23-21-9-7-6-8-19(20)21;1-12-8-13(2)10-15(9-12)18-11-14(3)16-6-4-5-7-17(16)19-18;4*1-8(2)5-10(12)7-11(13)6-9(3)4;;;;/h6-8,10-11,13-14H,9H2,1-5H3;6-9,11,13-14H,10H2,1-5H3;6-9,11-12,14H,10H2,1-5H3;4-9,11H,1-3H3;4*7-9,12H,5-6H2,1-4H3;;;;/q4*-1;;;;;;;;. The van der Waals surface area contributed by atoms with Crippen LogP contribution in [-0.4, -0.2) is 63.5 Å². The second-order valence-corrected chi connectivity index (χ2v) is 43.1. The number of ketones is 4. The van der Waals surface area contributed by atoms with Gasteiger partial charge >= 0.3 is 0 Å². The number of aromatic nitrogens is 4. The Morgan fingerprint density at radius 1 is 0.278 bits per heavy atom. The zero-order valence-corrected chi connectivity index (χ0v) is 102. The van der Waals surface area contributed by atoms with Gasteiger partial charge in [-0.25, -0.2) is 0 Å². The van der Waals surface area contributed by atoms with Gasteiger partial charge in [0, 0.05) is 178 Å². The molecular weight excluding hydrogens is 2490 g/mol. The summed E-state index contributed by atoms with van der Waals surface area (Å²) in [5.41, 5.74) is 31.9. The molecule has 4 aromatic heterocycles. The third kappa shape index (κ3) is 48.7. The number of allylic oxidation sites excluding steroid dienone is 8. The Bertz CT molecular complexity index is 5960. The average Bonchev–Trinajstić information content (AvgIpc) is 0.776. The zero-order valence-electron chi connectivity index (χ0n) is 92.9. The number of hydrogen-bond donors (Lipinski definition) is 4. The monoisotopic (exact) mass is 2660 g/mol. The number of hydrogen-bond acceptors (Lipinski definition) is 12. The number of carbonyl (C=O) groups excluding carboxylic acids is 4. The second-order valence-electron chi connectivity index (χ2n) is 43.1. The van der Waals surface area contributed by atoms with Crippen molar-refractivity contribution in [2.45, 2.75) is 306 Å². The van der Waals surface area contributed by atoms with Gasteiger partial charge in [-0.1, -0.05) is 305 Å². The van der Waals surface area contributed by atoms with Crippen LogP contribution < -0.4 is 0 Å². The zero-order chi connectivity index (χ0) is 105. The molecule has 0 amide bonds. The van der Waals surface area contributed by atoms with Gasteiger partial charge in [-0.2, -0.15) is 0 Å². The number of benzene rings is 8. The van der Waals surface area contributed by atoms with E-state index < -0.39 is 0 Å². The molecule has 16 heteroatoms. The molecule has 0 saturated carbocycles. The van der Waals surface area contributed by atoms with Gasteiger partial charge in [-0.05, 0) is 180 Å². The Morgan fingerprint density at radius 3 is 0.951 bits per heavy atom. The number of pyridine rings is 4. The number of para-hydroxylation sites is 3.